The molecule has 3 nitrogen and oxygen atoms in total. The maximum atomic E-state index is 13.3. The number of piperazine rings is 1. The van der Waals surface area contributed by atoms with Gasteiger partial charge in [0.15, 0.2) is 11.6 Å². The van der Waals surface area contributed by atoms with Gasteiger partial charge < -0.3 is 15.0 Å². The number of nitrogens with zero attached hydrogens (tertiary/aromatic N) is 1. The molecule has 1 N–H and O–H groups in total. The lowest BCUT2D eigenvalue weighted by Crippen LogP contribution is -2.49. The van der Waals surface area contributed by atoms with Gasteiger partial charge in [-0.05, 0) is 19.1 Å². The number of ether oxygens (including phenoxy) is 1. The summed E-state index contributed by atoms with van der Waals surface area (Å²) in [7, 11) is 1.49. The van der Waals surface area contributed by atoms with Gasteiger partial charge in [-0.3, -0.25) is 0 Å². The van der Waals surface area contributed by atoms with Gasteiger partial charge in [-0.15, -0.1) is 0 Å². The third kappa shape index (κ3) is 2.11. The number of hydrogen-bond donors (Lipinski definition) is 1. The van der Waals surface area contributed by atoms with Crippen molar-refractivity contribution in [3.63, 3.8) is 0 Å². The van der Waals surface area contributed by atoms with Crippen molar-refractivity contribution in [1.82, 2.24) is 5.32 Å². The van der Waals surface area contributed by atoms with Crippen molar-refractivity contribution >= 4 is 5.69 Å². The summed E-state index contributed by atoms with van der Waals surface area (Å²) in [5.41, 5.74) is 1.02. The van der Waals surface area contributed by atoms with E-state index in [4.69, 9.17) is 4.74 Å². The standard InChI is InChI=1S/C12H17FN2O/c1-9-8-14-5-6-15(9)10-3-4-11(13)12(7-10)16-2/h3-4,7,9,14H,5-6,8H2,1-2H3. The summed E-state index contributed by atoms with van der Waals surface area (Å²) >= 11 is 0. The molecule has 0 aromatic heterocycles. The predicted molar refractivity (Wildman–Crippen MR) is 62.6 cm³/mol. The molecule has 1 aliphatic heterocycles. The van der Waals surface area contributed by atoms with E-state index in [-0.39, 0.29) is 5.82 Å². The lowest BCUT2D eigenvalue weighted by Gasteiger charge is -2.36. The van der Waals surface area contributed by atoms with Crippen LogP contribution in [0, 0.1) is 5.82 Å². The number of rotatable bonds is 2. The second-order valence-corrected chi connectivity index (χ2v) is 4.07. The summed E-state index contributed by atoms with van der Waals surface area (Å²) in [5.74, 6) is -0.00253. The minimum atomic E-state index is -0.311. The fourth-order valence-electron chi connectivity index (χ4n) is 2.05. The monoisotopic (exact) mass is 224 g/mol. The third-order valence-electron chi connectivity index (χ3n) is 2.97. The molecule has 1 aromatic rings. The molecule has 1 fully saturated rings. The number of benzene rings is 1. The molecule has 1 aliphatic rings. The van der Waals surface area contributed by atoms with Crippen molar-refractivity contribution in [3.05, 3.63) is 24.0 Å². The Morgan fingerprint density at radius 2 is 2.31 bits per heavy atom. The molecule has 1 unspecified atom stereocenters. The molecule has 0 aliphatic carbocycles. The first kappa shape index (κ1) is 11.2. The van der Waals surface area contributed by atoms with Crippen LogP contribution in [0.1, 0.15) is 6.92 Å². The fraction of sp³-hybridized carbons (Fsp3) is 0.500. The van der Waals surface area contributed by atoms with Crippen LogP contribution in [0.5, 0.6) is 5.75 Å². The van der Waals surface area contributed by atoms with Gasteiger partial charge >= 0.3 is 0 Å². The lowest BCUT2D eigenvalue weighted by atomic mass is 10.1. The normalized spacial score (nSPS) is 20.9. The number of anilines is 1. The van der Waals surface area contributed by atoms with Crippen molar-refractivity contribution in [3.8, 4) is 5.75 Å². The molecule has 1 aromatic carbocycles. The van der Waals surface area contributed by atoms with Crippen LogP contribution in [0.15, 0.2) is 18.2 Å². The molecule has 1 atom stereocenters. The molecule has 1 heterocycles. The summed E-state index contributed by atoms with van der Waals surface area (Å²) < 4.78 is 18.3. The van der Waals surface area contributed by atoms with Gasteiger partial charge in [0.1, 0.15) is 0 Å². The summed E-state index contributed by atoms with van der Waals surface area (Å²) in [6.07, 6.45) is 0. The Morgan fingerprint density at radius 1 is 1.50 bits per heavy atom. The van der Waals surface area contributed by atoms with E-state index in [0.29, 0.717) is 11.8 Å². The van der Waals surface area contributed by atoms with Gasteiger partial charge in [0, 0.05) is 37.4 Å². The average molecular weight is 224 g/mol. The molecule has 0 bridgehead atoms. The molecular formula is C12H17FN2O. The summed E-state index contributed by atoms with van der Waals surface area (Å²) in [5, 5.41) is 3.33. The predicted octanol–water partition coefficient (Wildman–Crippen LogP) is 1.63. The zero-order chi connectivity index (χ0) is 11.5. The Kier molecular flexibility index (Phi) is 3.29. The molecule has 2 rings (SSSR count). The SMILES string of the molecule is COc1cc(N2CCNCC2C)ccc1F. The third-order valence-corrected chi connectivity index (χ3v) is 2.97. The zero-order valence-corrected chi connectivity index (χ0v) is 9.66. The maximum Gasteiger partial charge on any atom is 0.165 e. The number of hydrogen-bond acceptors (Lipinski definition) is 3. The topological polar surface area (TPSA) is 24.5 Å². The van der Waals surface area contributed by atoms with E-state index in [0.717, 1.165) is 25.3 Å². The summed E-state index contributed by atoms with van der Waals surface area (Å²) in [4.78, 5) is 2.26. The van der Waals surface area contributed by atoms with Crippen molar-refractivity contribution in [2.45, 2.75) is 13.0 Å². The van der Waals surface area contributed by atoms with Crippen molar-refractivity contribution in [1.29, 1.82) is 0 Å². The van der Waals surface area contributed by atoms with Gasteiger partial charge in [-0.2, -0.15) is 0 Å². The fourth-order valence-corrected chi connectivity index (χ4v) is 2.05. The van der Waals surface area contributed by atoms with Crippen LogP contribution in [0.25, 0.3) is 0 Å². The molecule has 4 heteroatoms. The Bertz CT molecular complexity index is 370. The zero-order valence-electron chi connectivity index (χ0n) is 9.66. The van der Waals surface area contributed by atoms with E-state index in [1.165, 1.54) is 13.2 Å². The van der Waals surface area contributed by atoms with Crippen LogP contribution in [0.4, 0.5) is 10.1 Å². The minimum absolute atomic E-state index is 0.309. The first-order chi connectivity index (χ1) is 7.72. The highest BCUT2D eigenvalue weighted by Crippen LogP contribution is 2.26. The van der Waals surface area contributed by atoms with Gasteiger partial charge in [-0.25, -0.2) is 4.39 Å². The highest BCUT2D eigenvalue weighted by Gasteiger charge is 2.19. The first-order valence-corrected chi connectivity index (χ1v) is 5.53. The Labute approximate surface area is 95.2 Å². The highest BCUT2D eigenvalue weighted by atomic mass is 19.1. The maximum absolute atomic E-state index is 13.3. The van der Waals surface area contributed by atoms with E-state index < -0.39 is 0 Å². The highest BCUT2D eigenvalue weighted by molar-refractivity contribution is 5.52. The minimum Gasteiger partial charge on any atom is -0.494 e. The largest absolute Gasteiger partial charge is 0.494 e. The molecule has 88 valence electrons. The number of nitrogens with one attached hydrogen (secondary N) is 1. The van der Waals surface area contributed by atoms with E-state index >= 15 is 0 Å². The number of methoxy groups -OCH3 is 1. The van der Waals surface area contributed by atoms with Crippen LogP contribution in [0.3, 0.4) is 0 Å². The van der Waals surface area contributed by atoms with E-state index in [2.05, 4.69) is 17.1 Å². The smallest absolute Gasteiger partial charge is 0.165 e. The van der Waals surface area contributed by atoms with Crippen molar-refractivity contribution in [2.75, 3.05) is 31.6 Å². The van der Waals surface area contributed by atoms with E-state index in [9.17, 15) is 4.39 Å². The second kappa shape index (κ2) is 4.70. The molecule has 16 heavy (non-hydrogen) atoms. The molecule has 1 saturated heterocycles. The van der Waals surface area contributed by atoms with Crippen LogP contribution >= 0.6 is 0 Å². The van der Waals surface area contributed by atoms with Crippen LogP contribution in [-0.4, -0.2) is 32.8 Å². The van der Waals surface area contributed by atoms with Crippen LogP contribution in [-0.2, 0) is 0 Å². The number of halogens is 1. The van der Waals surface area contributed by atoms with Gasteiger partial charge in [0.2, 0.25) is 0 Å². The van der Waals surface area contributed by atoms with E-state index in [1.54, 1.807) is 12.1 Å². The van der Waals surface area contributed by atoms with Gasteiger partial charge in [-0.1, -0.05) is 0 Å². The Morgan fingerprint density at radius 3 is 3.00 bits per heavy atom. The van der Waals surface area contributed by atoms with E-state index in [1.807, 2.05) is 0 Å². The average Bonchev–Trinajstić information content (AvgIpc) is 2.31. The molecule has 0 spiro atoms. The van der Waals surface area contributed by atoms with Crippen molar-refractivity contribution < 1.29 is 9.13 Å². The first-order valence-electron chi connectivity index (χ1n) is 5.53. The molecule has 0 saturated carbocycles. The second-order valence-electron chi connectivity index (χ2n) is 4.07. The van der Waals surface area contributed by atoms with Gasteiger partial charge in [0.25, 0.3) is 0 Å². The quantitative estimate of drug-likeness (QED) is 0.826. The van der Waals surface area contributed by atoms with Gasteiger partial charge in [0.05, 0.1) is 7.11 Å². The molecule has 0 radical (unpaired) electrons. The van der Waals surface area contributed by atoms with Crippen LogP contribution in [0.2, 0.25) is 0 Å². The van der Waals surface area contributed by atoms with Crippen molar-refractivity contribution in [2.24, 2.45) is 0 Å². The summed E-state index contributed by atoms with van der Waals surface area (Å²) in [6, 6.07) is 5.45. The Balaban J connectivity index is 2.25. The summed E-state index contributed by atoms with van der Waals surface area (Å²) in [6.45, 7) is 5.02. The van der Waals surface area contributed by atoms with Crippen LogP contribution < -0.4 is 15.0 Å². The molecular weight excluding hydrogens is 207 g/mol. The Hall–Kier alpha value is -1.29. The lowest BCUT2D eigenvalue weighted by molar-refractivity contribution is 0.386. The molecule has 0 amide bonds.